The third kappa shape index (κ3) is 3.41. The van der Waals surface area contributed by atoms with Gasteiger partial charge in [-0.25, -0.2) is 0 Å². The van der Waals surface area contributed by atoms with Crippen molar-refractivity contribution >= 4 is 17.4 Å². The number of benzene rings is 1. The molecule has 0 heterocycles. The number of anilines is 1. The molecule has 0 saturated heterocycles. The first-order valence-electron chi connectivity index (χ1n) is 6.03. The van der Waals surface area contributed by atoms with Crippen LogP contribution in [0.15, 0.2) is 23.1 Å². The van der Waals surface area contributed by atoms with E-state index in [1.54, 1.807) is 18.9 Å². The average Bonchev–Trinajstić information content (AvgIpc) is 2.38. The lowest BCUT2D eigenvalue weighted by Crippen LogP contribution is -2.33. The Kier molecular flexibility index (Phi) is 6.03. The van der Waals surface area contributed by atoms with Crippen LogP contribution in [0.5, 0.6) is 0 Å². The lowest BCUT2D eigenvalue weighted by molar-refractivity contribution is 0.183. The molecule has 18 heavy (non-hydrogen) atoms. The summed E-state index contributed by atoms with van der Waals surface area (Å²) < 4.78 is 5.17. The van der Waals surface area contributed by atoms with Crippen molar-refractivity contribution < 1.29 is 4.74 Å². The molecular weight excluding hydrogens is 244 g/mol. The van der Waals surface area contributed by atoms with Gasteiger partial charge in [0.2, 0.25) is 0 Å². The minimum Gasteiger partial charge on any atom is -0.383 e. The summed E-state index contributed by atoms with van der Waals surface area (Å²) in [6.45, 7) is 4.83. The Labute approximate surface area is 114 Å². The van der Waals surface area contributed by atoms with E-state index in [0.29, 0.717) is 6.61 Å². The van der Waals surface area contributed by atoms with E-state index >= 15 is 0 Å². The van der Waals surface area contributed by atoms with E-state index in [4.69, 9.17) is 4.74 Å². The van der Waals surface area contributed by atoms with Gasteiger partial charge in [0, 0.05) is 25.1 Å². The topological polar surface area (TPSA) is 36.3 Å². The molecule has 1 atom stereocenters. The van der Waals surface area contributed by atoms with Crippen molar-refractivity contribution in [1.29, 1.82) is 5.26 Å². The van der Waals surface area contributed by atoms with Crippen LogP contribution in [0.1, 0.15) is 19.4 Å². The Bertz CT molecular complexity index is 428. The molecule has 1 unspecified atom stereocenters. The largest absolute Gasteiger partial charge is 0.383 e. The third-order valence-electron chi connectivity index (χ3n) is 2.86. The first kappa shape index (κ1) is 14.9. The molecule has 1 rings (SSSR count). The zero-order valence-electron chi connectivity index (χ0n) is 11.4. The first-order chi connectivity index (χ1) is 8.65. The van der Waals surface area contributed by atoms with E-state index in [-0.39, 0.29) is 6.04 Å². The summed E-state index contributed by atoms with van der Waals surface area (Å²) in [4.78, 5) is 3.15. The van der Waals surface area contributed by atoms with Gasteiger partial charge in [0.1, 0.15) is 6.07 Å². The molecule has 0 fully saturated rings. The summed E-state index contributed by atoms with van der Waals surface area (Å²) in [5.74, 6) is 0.968. The molecule has 0 bridgehead atoms. The normalized spacial score (nSPS) is 11.9. The molecule has 0 N–H and O–H groups in total. The molecular formula is C14H20N2OS. The van der Waals surface area contributed by atoms with Crippen molar-refractivity contribution in [3.63, 3.8) is 0 Å². The van der Waals surface area contributed by atoms with Gasteiger partial charge in [0.25, 0.3) is 0 Å². The van der Waals surface area contributed by atoms with Crippen LogP contribution in [0.25, 0.3) is 0 Å². The van der Waals surface area contributed by atoms with Crippen molar-refractivity contribution in [2.75, 3.05) is 31.4 Å². The zero-order valence-corrected chi connectivity index (χ0v) is 12.3. The van der Waals surface area contributed by atoms with Gasteiger partial charge in [-0.15, -0.1) is 11.8 Å². The van der Waals surface area contributed by atoms with Crippen LogP contribution in [0.3, 0.4) is 0 Å². The van der Waals surface area contributed by atoms with Crippen molar-refractivity contribution in [3.05, 3.63) is 23.8 Å². The zero-order chi connectivity index (χ0) is 13.5. The van der Waals surface area contributed by atoms with Crippen LogP contribution in [-0.2, 0) is 4.74 Å². The van der Waals surface area contributed by atoms with Crippen LogP contribution in [0.2, 0.25) is 0 Å². The number of methoxy groups -OCH3 is 1. The SMILES string of the molecule is CCSc1cccc(N(C)C(C)COC)c1C#N. The van der Waals surface area contributed by atoms with E-state index in [9.17, 15) is 5.26 Å². The maximum absolute atomic E-state index is 9.37. The summed E-state index contributed by atoms with van der Waals surface area (Å²) >= 11 is 1.70. The summed E-state index contributed by atoms with van der Waals surface area (Å²) in [5.41, 5.74) is 1.73. The molecule has 0 radical (unpaired) electrons. The van der Waals surface area contributed by atoms with Gasteiger partial charge < -0.3 is 9.64 Å². The van der Waals surface area contributed by atoms with E-state index in [1.807, 2.05) is 25.2 Å². The number of rotatable bonds is 6. The second kappa shape index (κ2) is 7.30. The fraction of sp³-hybridized carbons (Fsp3) is 0.500. The van der Waals surface area contributed by atoms with Crippen LogP contribution in [0, 0.1) is 11.3 Å². The van der Waals surface area contributed by atoms with Gasteiger partial charge in [-0.1, -0.05) is 13.0 Å². The molecule has 4 heteroatoms. The fourth-order valence-corrected chi connectivity index (χ4v) is 2.57. The van der Waals surface area contributed by atoms with Crippen molar-refractivity contribution in [3.8, 4) is 6.07 Å². The van der Waals surface area contributed by atoms with E-state index in [1.165, 1.54) is 0 Å². The monoisotopic (exact) mass is 264 g/mol. The standard InChI is InChI=1S/C14H20N2OS/c1-5-18-14-8-6-7-13(12(14)9-15)16(3)11(2)10-17-4/h6-8,11H,5,10H2,1-4H3. The molecule has 0 aliphatic rings. The predicted molar refractivity (Wildman–Crippen MR) is 77.3 cm³/mol. The molecule has 0 aromatic heterocycles. The number of nitriles is 1. The van der Waals surface area contributed by atoms with Crippen LogP contribution < -0.4 is 4.90 Å². The fourth-order valence-electron chi connectivity index (χ4n) is 1.79. The lowest BCUT2D eigenvalue weighted by Gasteiger charge is -2.27. The van der Waals surface area contributed by atoms with Gasteiger partial charge in [-0.3, -0.25) is 0 Å². The maximum atomic E-state index is 9.37. The van der Waals surface area contributed by atoms with Crippen LogP contribution in [0.4, 0.5) is 5.69 Å². The number of hydrogen-bond donors (Lipinski definition) is 0. The quantitative estimate of drug-likeness (QED) is 0.740. The van der Waals surface area contributed by atoms with Crippen molar-refractivity contribution in [2.45, 2.75) is 24.8 Å². The minimum absolute atomic E-state index is 0.240. The molecule has 0 amide bonds. The minimum atomic E-state index is 0.240. The summed E-state index contributed by atoms with van der Waals surface area (Å²) in [5, 5.41) is 9.37. The highest BCUT2D eigenvalue weighted by Gasteiger charge is 2.15. The van der Waals surface area contributed by atoms with Gasteiger partial charge in [0.05, 0.1) is 17.9 Å². The second-order valence-corrected chi connectivity index (χ2v) is 5.42. The highest BCUT2D eigenvalue weighted by atomic mass is 32.2. The highest BCUT2D eigenvalue weighted by molar-refractivity contribution is 7.99. The molecule has 98 valence electrons. The summed E-state index contributed by atoms with van der Waals surface area (Å²) in [7, 11) is 3.69. The highest BCUT2D eigenvalue weighted by Crippen LogP contribution is 2.30. The van der Waals surface area contributed by atoms with Crippen molar-refractivity contribution in [2.24, 2.45) is 0 Å². The van der Waals surface area contributed by atoms with Gasteiger partial charge in [-0.2, -0.15) is 5.26 Å². The van der Waals surface area contributed by atoms with Gasteiger partial charge >= 0.3 is 0 Å². The Morgan fingerprint density at radius 2 is 2.22 bits per heavy atom. The third-order valence-corrected chi connectivity index (χ3v) is 3.80. The van der Waals surface area contributed by atoms with E-state index in [0.717, 1.165) is 21.9 Å². The molecule has 1 aromatic rings. The lowest BCUT2D eigenvalue weighted by atomic mass is 10.1. The molecule has 1 aromatic carbocycles. The molecule has 0 spiro atoms. The Balaban J connectivity index is 3.08. The van der Waals surface area contributed by atoms with Crippen LogP contribution in [-0.4, -0.2) is 32.6 Å². The molecule has 0 aliphatic carbocycles. The van der Waals surface area contributed by atoms with E-state index in [2.05, 4.69) is 24.8 Å². The summed E-state index contributed by atoms with van der Waals surface area (Å²) in [6.07, 6.45) is 0. The Hall–Kier alpha value is -1.18. The predicted octanol–water partition coefficient (Wildman–Crippen LogP) is 3.14. The second-order valence-electron chi connectivity index (χ2n) is 4.11. The maximum Gasteiger partial charge on any atom is 0.103 e. The van der Waals surface area contributed by atoms with Gasteiger partial charge in [-0.05, 0) is 24.8 Å². The smallest absolute Gasteiger partial charge is 0.103 e. The summed E-state index contributed by atoms with van der Waals surface area (Å²) in [6, 6.07) is 8.56. The van der Waals surface area contributed by atoms with Gasteiger partial charge in [0.15, 0.2) is 0 Å². The van der Waals surface area contributed by atoms with Crippen LogP contribution >= 0.6 is 11.8 Å². The molecule has 3 nitrogen and oxygen atoms in total. The number of likely N-dealkylation sites (N-methyl/N-ethyl adjacent to an activating group) is 1. The number of hydrogen-bond acceptors (Lipinski definition) is 4. The number of thioether (sulfide) groups is 1. The molecule has 0 aliphatic heterocycles. The molecule has 0 saturated carbocycles. The van der Waals surface area contributed by atoms with E-state index < -0.39 is 0 Å². The Morgan fingerprint density at radius 3 is 2.78 bits per heavy atom. The average molecular weight is 264 g/mol. The first-order valence-corrected chi connectivity index (χ1v) is 7.01. The number of ether oxygens (including phenoxy) is 1. The Morgan fingerprint density at radius 1 is 1.50 bits per heavy atom. The van der Waals surface area contributed by atoms with Crippen molar-refractivity contribution in [1.82, 2.24) is 0 Å². The number of nitrogens with zero attached hydrogens (tertiary/aromatic N) is 2.